The van der Waals surface area contributed by atoms with Gasteiger partial charge in [-0.2, -0.15) is 5.26 Å². The van der Waals surface area contributed by atoms with Gasteiger partial charge in [0.1, 0.15) is 28.3 Å². The Morgan fingerprint density at radius 2 is 1.70 bits per heavy atom. The summed E-state index contributed by atoms with van der Waals surface area (Å²) in [5.41, 5.74) is 1.91. The van der Waals surface area contributed by atoms with Gasteiger partial charge in [0, 0.05) is 23.5 Å². The predicted molar refractivity (Wildman–Crippen MR) is 177 cm³/mol. The fourth-order valence-corrected chi connectivity index (χ4v) is 7.11. The topological polar surface area (TPSA) is 141 Å². The van der Waals surface area contributed by atoms with Gasteiger partial charge in [-0.3, -0.25) is 14.3 Å². The third-order valence-electron chi connectivity index (χ3n) is 8.23. The van der Waals surface area contributed by atoms with Crippen LogP contribution in [0.2, 0.25) is 18.1 Å². The molecule has 46 heavy (non-hydrogen) atoms. The molecule has 244 valence electrons. The van der Waals surface area contributed by atoms with Crippen molar-refractivity contribution in [3.05, 3.63) is 77.4 Å². The van der Waals surface area contributed by atoms with Crippen molar-refractivity contribution in [3.63, 3.8) is 0 Å². The van der Waals surface area contributed by atoms with Gasteiger partial charge < -0.3 is 13.9 Å². The highest BCUT2D eigenvalue weighted by Crippen LogP contribution is 2.43. The van der Waals surface area contributed by atoms with E-state index in [1.54, 1.807) is 30.6 Å². The SMILES string of the molecule is COc1cccc(OC)c1-n1c(NS(=O)(=O)[C@@H](C)[C@@H](O[Si](C)(C)C(C)(C)C)c2ccc(C#N)cc2F)nnc1-c1cncc(C)c1. The molecule has 0 unspecified atom stereocenters. The number of nitrogens with zero attached hydrogens (tertiary/aromatic N) is 5. The van der Waals surface area contributed by atoms with Gasteiger partial charge in [0.2, 0.25) is 16.0 Å². The first-order chi connectivity index (χ1) is 21.5. The summed E-state index contributed by atoms with van der Waals surface area (Å²) in [6, 6.07) is 12.8. The molecule has 0 radical (unpaired) electrons. The molecule has 0 saturated heterocycles. The first-order valence-electron chi connectivity index (χ1n) is 14.5. The number of sulfonamides is 1. The summed E-state index contributed by atoms with van der Waals surface area (Å²) in [7, 11) is -4.06. The number of aryl methyl sites for hydroxylation is 1. The number of hydrogen-bond acceptors (Lipinski definition) is 9. The van der Waals surface area contributed by atoms with Crippen molar-refractivity contribution in [1.82, 2.24) is 19.7 Å². The summed E-state index contributed by atoms with van der Waals surface area (Å²) in [4.78, 5) is 4.27. The van der Waals surface area contributed by atoms with Crippen LogP contribution in [-0.4, -0.2) is 56.0 Å². The molecule has 0 aliphatic carbocycles. The second-order valence-corrected chi connectivity index (χ2v) is 19.2. The zero-order chi connectivity index (χ0) is 34.0. The summed E-state index contributed by atoms with van der Waals surface area (Å²) in [5, 5.41) is 16.2. The monoisotopic (exact) mass is 666 g/mol. The lowest BCUT2D eigenvalue weighted by Gasteiger charge is -2.40. The lowest BCUT2D eigenvalue weighted by atomic mass is 10.0. The highest BCUT2D eigenvalue weighted by Gasteiger charge is 2.44. The minimum Gasteiger partial charge on any atom is -0.494 e. The number of nitrogens with one attached hydrogen (secondary N) is 1. The molecule has 0 bridgehead atoms. The van der Waals surface area contributed by atoms with Crippen molar-refractivity contribution >= 4 is 24.3 Å². The second-order valence-electron chi connectivity index (χ2n) is 12.4. The highest BCUT2D eigenvalue weighted by molar-refractivity contribution is 7.93. The highest BCUT2D eigenvalue weighted by atomic mass is 32.2. The average Bonchev–Trinajstić information content (AvgIpc) is 3.40. The quantitative estimate of drug-likeness (QED) is 0.176. The van der Waals surface area contributed by atoms with Crippen molar-refractivity contribution in [3.8, 4) is 34.6 Å². The third kappa shape index (κ3) is 6.91. The van der Waals surface area contributed by atoms with Crippen LogP contribution in [0.15, 0.2) is 54.9 Å². The molecular weight excluding hydrogens is 628 g/mol. The van der Waals surface area contributed by atoms with Gasteiger partial charge in [0.05, 0.1) is 32.0 Å². The van der Waals surface area contributed by atoms with Crippen LogP contribution in [0.3, 0.4) is 0 Å². The lowest BCUT2D eigenvalue weighted by Crippen LogP contribution is -2.45. The Morgan fingerprint density at radius 1 is 1.04 bits per heavy atom. The first kappa shape index (κ1) is 34.5. The lowest BCUT2D eigenvalue weighted by molar-refractivity contribution is 0.177. The van der Waals surface area contributed by atoms with E-state index in [-0.39, 0.29) is 27.9 Å². The standard InChI is InChI=1S/C32H39FN6O5SSi/c1-20-15-23(19-35-18-20)30-36-37-31(39(30)28-26(42-6)11-10-12-27(28)43-7)38-45(40,41)21(2)29(44-46(8,9)32(3,4)5)24-14-13-22(17-34)16-25(24)33/h10-16,18-19,21,29H,1-9H3,(H,37,38)/t21-,29+/m0/s1. The molecule has 2 atom stereocenters. The van der Waals surface area contributed by atoms with E-state index in [2.05, 4.69) is 19.9 Å². The van der Waals surface area contributed by atoms with Gasteiger partial charge in [-0.1, -0.05) is 32.9 Å². The largest absolute Gasteiger partial charge is 0.494 e. The number of anilines is 1. The number of hydrogen-bond donors (Lipinski definition) is 1. The third-order valence-corrected chi connectivity index (χ3v) is 14.4. The minimum absolute atomic E-state index is 0.0288. The van der Waals surface area contributed by atoms with Crippen LogP contribution in [0.25, 0.3) is 17.1 Å². The zero-order valence-electron chi connectivity index (χ0n) is 27.4. The van der Waals surface area contributed by atoms with E-state index in [9.17, 15) is 13.7 Å². The Morgan fingerprint density at radius 3 is 2.24 bits per heavy atom. The van der Waals surface area contributed by atoms with Crippen molar-refractivity contribution in [2.75, 3.05) is 18.9 Å². The van der Waals surface area contributed by atoms with Crippen LogP contribution < -0.4 is 14.2 Å². The predicted octanol–water partition coefficient (Wildman–Crippen LogP) is 6.56. The smallest absolute Gasteiger partial charge is 0.243 e. The van der Waals surface area contributed by atoms with Gasteiger partial charge in [0.15, 0.2) is 14.1 Å². The van der Waals surface area contributed by atoms with Crippen molar-refractivity contribution in [1.29, 1.82) is 5.26 Å². The molecule has 4 aromatic rings. The second kappa shape index (κ2) is 13.2. The van der Waals surface area contributed by atoms with Crippen molar-refractivity contribution < 1.29 is 26.7 Å². The Hall–Kier alpha value is -4.32. The number of pyridine rings is 1. The molecule has 4 rings (SSSR count). The number of benzene rings is 2. The van der Waals surface area contributed by atoms with Crippen LogP contribution >= 0.6 is 0 Å². The van der Waals surface area contributed by atoms with Crippen LogP contribution in [0.4, 0.5) is 10.3 Å². The van der Waals surface area contributed by atoms with E-state index >= 15 is 4.39 Å². The Labute approximate surface area is 270 Å². The van der Waals surface area contributed by atoms with Crippen molar-refractivity contribution in [2.45, 2.75) is 64.1 Å². The van der Waals surface area contributed by atoms with E-state index < -0.39 is 35.5 Å². The number of nitriles is 1. The van der Waals surface area contributed by atoms with Crippen LogP contribution in [-0.2, 0) is 14.4 Å². The van der Waals surface area contributed by atoms with Gasteiger partial charge in [-0.25, -0.2) is 12.8 Å². The van der Waals surface area contributed by atoms with Crippen LogP contribution in [0.1, 0.15) is 50.5 Å². The normalized spacial score (nSPS) is 13.5. The van der Waals surface area contributed by atoms with E-state index in [0.29, 0.717) is 22.7 Å². The Kier molecular flexibility index (Phi) is 9.91. The number of halogens is 1. The Balaban J connectivity index is 1.89. The maximum Gasteiger partial charge on any atom is 0.243 e. The number of rotatable bonds is 11. The van der Waals surface area contributed by atoms with Crippen LogP contribution in [0.5, 0.6) is 11.5 Å². The zero-order valence-corrected chi connectivity index (χ0v) is 29.2. The van der Waals surface area contributed by atoms with Gasteiger partial charge in [-0.15, -0.1) is 10.2 Å². The summed E-state index contributed by atoms with van der Waals surface area (Å²) in [5.74, 6) is 0.122. The molecule has 11 nitrogen and oxygen atoms in total. The number of methoxy groups -OCH3 is 2. The summed E-state index contributed by atoms with van der Waals surface area (Å²) in [6.07, 6.45) is 2.06. The average molecular weight is 667 g/mol. The fourth-order valence-electron chi connectivity index (χ4n) is 4.60. The molecule has 0 spiro atoms. The Bertz CT molecular complexity index is 1860. The van der Waals surface area contributed by atoms with Gasteiger partial charge in [-0.05, 0) is 67.9 Å². The minimum atomic E-state index is -4.36. The molecule has 0 saturated carbocycles. The van der Waals surface area contributed by atoms with Crippen molar-refractivity contribution in [2.24, 2.45) is 0 Å². The molecule has 14 heteroatoms. The van der Waals surface area contributed by atoms with E-state index in [4.69, 9.17) is 13.9 Å². The molecule has 2 heterocycles. The number of aromatic nitrogens is 4. The molecule has 0 aliphatic heterocycles. The summed E-state index contributed by atoms with van der Waals surface area (Å²) < 4.78 is 66.0. The van der Waals surface area contributed by atoms with Gasteiger partial charge >= 0.3 is 0 Å². The number of ether oxygens (including phenoxy) is 2. The summed E-state index contributed by atoms with van der Waals surface area (Å²) >= 11 is 0. The first-order valence-corrected chi connectivity index (χ1v) is 19.0. The van der Waals surface area contributed by atoms with E-state index in [1.807, 2.05) is 52.9 Å². The number of para-hydroxylation sites is 1. The summed E-state index contributed by atoms with van der Waals surface area (Å²) in [6.45, 7) is 13.3. The fraction of sp³-hybridized carbons (Fsp3) is 0.375. The molecule has 0 aliphatic rings. The molecule has 0 fully saturated rings. The van der Waals surface area contributed by atoms with Gasteiger partial charge in [0.25, 0.3) is 0 Å². The molecule has 2 aromatic heterocycles. The molecule has 0 amide bonds. The molecule has 2 aromatic carbocycles. The van der Waals surface area contributed by atoms with Crippen LogP contribution in [0, 0.1) is 24.1 Å². The van der Waals surface area contributed by atoms with E-state index in [0.717, 1.165) is 11.6 Å². The molecule has 1 N–H and O–H groups in total. The maximum absolute atomic E-state index is 15.5. The maximum atomic E-state index is 15.5. The van der Waals surface area contributed by atoms with E-state index in [1.165, 1.54) is 37.8 Å². The molecular formula is C32H39FN6O5SSi.